The summed E-state index contributed by atoms with van der Waals surface area (Å²) in [6, 6.07) is 11.0. The van der Waals surface area contributed by atoms with E-state index >= 15 is 0 Å². The van der Waals surface area contributed by atoms with E-state index in [0.717, 1.165) is 19.4 Å². The van der Waals surface area contributed by atoms with Crippen LogP contribution in [-0.2, 0) is 0 Å². The third-order valence-electron chi connectivity index (χ3n) is 4.24. The number of piperidine rings is 1. The molecule has 0 bridgehead atoms. The Hall–Kier alpha value is -1.89. The average Bonchev–Trinajstić information content (AvgIpc) is 3.12. The number of amides is 2. The molecule has 0 radical (unpaired) electrons. The maximum Gasteiger partial charge on any atom is 0.265 e. The van der Waals surface area contributed by atoms with Crippen molar-refractivity contribution in [1.82, 2.24) is 10.6 Å². The molecule has 2 heterocycles. The third-order valence-corrected chi connectivity index (χ3v) is 5.11. The lowest BCUT2D eigenvalue weighted by molar-refractivity contribution is 0.0920. The highest BCUT2D eigenvalue weighted by Crippen LogP contribution is 2.19. The maximum atomic E-state index is 12.7. The second-order valence-electron chi connectivity index (χ2n) is 5.94. The summed E-state index contributed by atoms with van der Waals surface area (Å²) in [6.45, 7) is 3.07. The number of nitrogens with one attached hydrogen (secondary N) is 3. The number of hydrogen-bond donors (Lipinski definition) is 3. The minimum atomic E-state index is -0.196. The topological polar surface area (TPSA) is 70.2 Å². The SMILES string of the molecule is CC1NCCCC1NC(=O)c1ccccc1NC(=O)c1cccs1.Cl. The summed E-state index contributed by atoms with van der Waals surface area (Å²) in [5.74, 6) is -0.351. The maximum absolute atomic E-state index is 12.7. The largest absolute Gasteiger partial charge is 0.348 e. The smallest absolute Gasteiger partial charge is 0.265 e. The molecule has 1 aliphatic heterocycles. The van der Waals surface area contributed by atoms with Crippen molar-refractivity contribution in [3.63, 3.8) is 0 Å². The van der Waals surface area contributed by atoms with Gasteiger partial charge in [-0.2, -0.15) is 0 Å². The molecule has 2 amide bonds. The van der Waals surface area contributed by atoms with Gasteiger partial charge in [0.15, 0.2) is 0 Å². The van der Waals surface area contributed by atoms with Gasteiger partial charge in [-0.25, -0.2) is 0 Å². The molecule has 1 fully saturated rings. The lowest BCUT2D eigenvalue weighted by Crippen LogP contribution is -2.52. The molecular formula is C18H22ClN3O2S. The molecule has 3 N–H and O–H groups in total. The number of halogens is 1. The summed E-state index contributed by atoms with van der Waals surface area (Å²) in [5.41, 5.74) is 1.02. The third kappa shape index (κ3) is 4.81. The molecule has 1 aromatic heterocycles. The molecule has 0 spiro atoms. The van der Waals surface area contributed by atoms with Gasteiger partial charge in [-0.3, -0.25) is 9.59 Å². The number of thiophene rings is 1. The molecule has 0 aliphatic carbocycles. The zero-order valence-electron chi connectivity index (χ0n) is 14.0. The van der Waals surface area contributed by atoms with Crippen molar-refractivity contribution in [1.29, 1.82) is 0 Å². The van der Waals surface area contributed by atoms with Crippen molar-refractivity contribution in [3.8, 4) is 0 Å². The van der Waals surface area contributed by atoms with E-state index in [4.69, 9.17) is 0 Å². The van der Waals surface area contributed by atoms with Gasteiger partial charge in [-0.05, 0) is 49.9 Å². The first-order chi connectivity index (χ1) is 11.6. The summed E-state index contributed by atoms with van der Waals surface area (Å²) in [7, 11) is 0. The molecule has 1 aliphatic rings. The van der Waals surface area contributed by atoms with Gasteiger partial charge in [0, 0.05) is 12.1 Å². The van der Waals surface area contributed by atoms with Crippen LogP contribution in [0.25, 0.3) is 0 Å². The first-order valence-electron chi connectivity index (χ1n) is 8.13. The Labute approximate surface area is 157 Å². The molecule has 2 aromatic rings. The van der Waals surface area contributed by atoms with Gasteiger partial charge in [0.25, 0.3) is 11.8 Å². The number of rotatable bonds is 4. The van der Waals surface area contributed by atoms with E-state index in [9.17, 15) is 9.59 Å². The van der Waals surface area contributed by atoms with Crippen LogP contribution in [0.15, 0.2) is 41.8 Å². The molecule has 7 heteroatoms. The Morgan fingerprint density at radius 2 is 1.96 bits per heavy atom. The van der Waals surface area contributed by atoms with Crippen LogP contribution >= 0.6 is 23.7 Å². The zero-order chi connectivity index (χ0) is 16.9. The van der Waals surface area contributed by atoms with Crippen LogP contribution in [0.2, 0.25) is 0 Å². The van der Waals surface area contributed by atoms with Crippen molar-refractivity contribution in [2.24, 2.45) is 0 Å². The lowest BCUT2D eigenvalue weighted by Gasteiger charge is -2.30. The van der Waals surface area contributed by atoms with Crippen molar-refractivity contribution in [2.45, 2.75) is 31.8 Å². The van der Waals surface area contributed by atoms with E-state index in [2.05, 4.69) is 22.9 Å². The Bertz CT molecular complexity index is 721. The summed E-state index contributed by atoms with van der Waals surface area (Å²) in [4.78, 5) is 25.5. The van der Waals surface area contributed by atoms with E-state index in [-0.39, 0.29) is 36.3 Å². The van der Waals surface area contributed by atoms with Crippen LogP contribution in [0.5, 0.6) is 0 Å². The fraction of sp³-hybridized carbons (Fsp3) is 0.333. The van der Waals surface area contributed by atoms with Crippen LogP contribution in [0.3, 0.4) is 0 Å². The highest BCUT2D eigenvalue weighted by atomic mass is 35.5. The molecule has 25 heavy (non-hydrogen) atoms. The van der Waals surface area contributed by atoms with Crippen molar-refractivity contribution >= 4 is 41.2 Å². The fourth-order valence-electron chi connectivity index (χ4n) is 2.87. The summed E-state index contributed by atoms with van der Waals surface area (Å²) in [5, 5.41) is 11.1. The Kier molecular flexibility index (Phi) is 6.99. The minimum absolute atomic E-state index is 0. The Morgan fingerprint density at radius 1 is 1.16 bits per heavy atom. The molecule has 1 aromatic carbocycles. The quantitative estimate of drug-likeness (QED) is 0.763. The minimum Gasteiger partial charge on any atom is -0.348 e. The number of hydrogen-bond acceptors (Lipinski definition) is 4. The van der Waals surface area contributed by atoms with Gasteiger partial charge >= 0.3 is 0 Å². The average molecular weight is 380 g/mol. The van der Waals surface area contributed by atoms with E-state index in [1.807, 2.05) is 17.5 Å². The number of benzene rings is 1. The van der Waals surface area contributed by atoms with Crippen LogP contribution in [-0.4, -0.2) is 30.4 Å². The van der Waals surface area contributed by atoms with Crippen molar-refractivity contribution in [2.75, 3.05) is 11.9 Å². The van der Waals surface area contributed by atoms with Gasteiger partial charge < -0.3 is 16.0 Å². The van der Waals surface area contributed by atoms with Gasteiger partial charge in [0.05, 0.1) is 16.1 Å². The van der Waals surface area contributed by atoms with Gasteiger partial charge in [-0.15, -0.1) is 23.7 Å². The van der Waals surface area contributed by atoms with Gasteiger partial charge in [0.1, 0.15) is 0 Å². The monoisotopic (exact) mass is 379 g/mol. The van der Waals surface area contributed by atoms with Gasteiger partial charge in [0.2, 0.25) is 0 Å². The lowest BCUT2D eigenvalue weighted by atomic mass is 9.99. The van der Waals surface area contributed by atoms with Gasteiger partial charge in [-0.1, -0.05) is 18.2 Å². The zero-order valence-corrected chi connectivity index (χ0v) is 15.6. The number of carbonyl (C=O) groups excluding carboxylic acids is 2. The standard InChI is InChI=1S/C18H21N3O2S.ClH/c1-12-14(8-4-10-19-12)20-17(22)13-6-2-3-7-15(13)21-18(23)16-9-5-11-24-16;/h2-3,5-7,9,11-12,14,19H,4,8,10H2,1H3,(H,20,22)(H,21,23);1H. The number of para-hydroxylation sites is 1. The fourth-order valence-corrected chi connectivity index (χ4v) is 3.49. The molecule has 1 saturated heterocycles. The van der Waals surface area contributed by atoms with E-state index in [0.29, 0.717) is 16.1 Å². The number of carbonyl (C=O) groups is 2. The Balaban J connectivity index is 0.00000225. The summed E-state index contributed by atoms with van der Waals surface area (Å²) in [6.07, 6.45) is 2.01. The van der Waals surface area contributed by atoms with E-state index in [1.54, 1.807) is 24.3 Å². The molecule has 2 unspecified atom stereocenters. The van der Waals surface area contributed by atoms with Crippen LogP contribution in [0.1, 0.15) is 39.8 Å². The second-order valence-corrected chi connectivity index (χ2v) is 6.89. The van der Waals surface area contributed by atoms with Crippen LogP contribution in [0, 0.1) is 0 Å². The second kappa shape index (κ2) is 8.99. The van der Waals surface area contributed by atoms with E-state index < -0.39 is 0 Å². The van der Waals surface area contributed by atoms with Crippen molar-refractivity contribution < 1.29 is 9.59 Å². The molecular weight excluding hydrogens is 358 g/mol. The highest BCUT2D eigenvalue weighted by molar-refractivity contribution is 7.12. The molecule has 5 nitrogen and oxygen atoms in total. The normalized spacial score (nSPS) is 19.6. The van der Waals surface area contributed by atoms with Crippen LogP contribution < -0.4 is 16.0 Å². The molecule has 0 saturated carbocycles. The van der Waals surface area contributed by atoms with Crippen LogP contribution in [0.4, 0.5) is 5.69 Å². The first kappa shape index (κ1) is 19.4. The van der Waals surface area contributed by atoms with Crippen molar-refractivity contribution in [3.05, 3.63) is 52.2 Å². The summed E-state index contributed by atoms with van der Waals surface area (Å²) < 4.78 is 0. The highest BCUT2D eigenvalue weighted by Gasteiger charge is 2.24. The Morgan fingerprint density at radius 3 is 2.68 bits per heavy atom. The molecule has 134 valence electrons. The summed E-state index contributed by atoms with van der Waals surface area (Å²) >= 11 is 1.37. The first-order valence-corrected chi connectivity index (χ1v) is 9.01. The van der Waals surface area contributed by atoms with E-state index in [1.165, 1.54) is 11.3 Å². The molecule has 3 rings (SSSR count). The number of anilines is 1. The molecule has 2 atom stereocenters. The predicted molar refractivity (Wildman–Crippen MR) is 104 cm³/mol. The predicted octanol–water partition coefficient (Wildman–Crippen LogP) is 3.29.